The molecular formula is C18H14F3N3O2S. The first-order chi connectivity index (χ1) is 12.8. The van der Waals surface area contributed by atoms with Gasteiger partial charge in [-0.2, -0.15) is 17.8 Å². The maximum absolute atomic E-state index is 12.9. The molecule has 0 saturated heterocycles. The lowest BCUT2D eigenvalue weighted by Crippen LogP contribution is -2.35. The third kappa shape index (κ3) is 4.13. The summed E-state index contributed by atoms with van der Waals surface area (Å²) >= 11 is 1.04. The van der Waals surface area contributed by atoms with Crippen molar-refractivity contribution >= 4 is 28.6 Å². The zero-order valence-corrected chi connectivity index (χ0v) is 14.9. The third-order valence-electron chi connectivity index (χ3n) is 3.79. The van der Waals surface area contributed by atoms with Crippen LogP contribution < -0.4 is 11.0 Å². The number of fused-ring (bicyclic) bond motifs is 1. The zero-order chi connectivity index (χ0) is 19.6. The van der Waals surface area contributed by atoms with Gasteiger partial charge in [-0.15, -0.1) is 0 Å². The first kappa shape index (κ1) is 19.0. The Labute approximate surface area is 156 Å². The van der Waals surface area contributed by atoms with E-state index in [9.17, 15) is 22.8 Å². The van der Waals surface area contributed by atoms with Gasteiger partial charge >= 0.3 is 6.18 Å². The Hall–Kier alpha value is -2.81. The summed E-state index contributed by atoms with van der Waals surface area (Å²) < 4.78 is 39.6. The van der Waals surface area contributed by atoms with E-state index < -0.39 is 23.2 Å². The lowest BCUT2D eigenvalue weighted by atomic mass is 10.1. The van der Waals surface area contributed by atoms with E-state index in [-0.39, 0.29) is 22.5 Å². The number of carbonyl (C=O) groups is 1. The highest BCUT2D eigenvalue weighted by Crippen LogP contribution is 2.30. The predicted molar refractivity (Wildman–Crippen MR) is 97.3 cm³/mol. The van der Waals surface area contributed by atoms with Crippen molar-refractivity contribution in [3.63, 3.8) is 0 Å². The second-order valence-electron chi connectivity index (χ2n) is 5.67. The van der Waals surface area contributed by atoms with Crippen molar-refractivity contribution in [2.24, 2.45) is 0 Å². The van der Waals surface area contributed by atoms with Crippen molar-refractivity contribution in [3.8, 4) is 0 Å². The van der Waals surface area contributed by atoms with Crippen molar-refractivity contribution in [1.29, 1.82) is 0 Å². The van der Waals surface area contributed by atoms with Crippen LogP contribution in [0.25, 0.3) is 10.9 Å². The maximum Gasteiger partial charge on any atom is 0.416 e. The van der Waals surface area contributed by atoms with Crippen LogP contribution in [0, 0.1) is 0 Å². The fourth-order valence-electron chi connectivity index (χ4n) is 2.52. The fraction of sp³-hybridized carbons (Fsp3) is 0.167. The zero-order valence-electron chi connectivity index (χ0n) is 14.1. The molecule has 1 heterocycles. The Balaban J connectivity index is 1.99. The molecule has 1 N–H and O–H groups in total. The molecule has 0 atom stereocenters. The van der Waals surface area contributed by atoms with Crippen molar-refractivity contribution in [2.75, 3.05) is 11.7 Å². The largest absolute Gasteiger partial charge is 0.416 e. The molecule has 2 aromatic carbocycles. The quantitative estimate of drug-likeness (QED) is 0.545. The molecule has 0 saturated carbocycles. The number of rotatable bonds is 4. The van der Waals surface area contributed by atoms with Gasteiger partial charge in [-0.3, -0.25) is 15.0 Å². The second-order valence-corrected chi connectivity index (χ2v) is 6.44. The summed E-state index contributed by atoms with van der Waals surface area (Å²) in [6.07, 6.45) is -2.87. The molecule has 3 aromatic rings. The number of nitrogens with one attached hydrogen (secondary N) is 1. The lowest BCUT2D eigenvalue weighted by molar-refractivity contribution is -0.137. The van der Waals surface area contributed by atoms with Crippen molar-refractivity contribution < 1.29 is 18.0 Å². The molecule has 0 aliphatic carbocycles. The van der Waals surface area contributed by atoms with E-state index in [4.69, 9.17) is 0 Å². The average molecular weight is 393 g/mol. The van der Waals surface area contributed by atoms with Crippen LogP contribution in [0.1, 0.15) is 11.1 Å². The molecule has 1 aromatic heterocycles. The molecule has 0 spiro atoms. The predicted octanol–water partition coefficient (Wildman–Crippen LogP) is 3.45. The fourth-order valence-corrected chi connectivity index (χ4v) is 3.02. The minimum absolute atomic E-state index is 0.0131. The van der Waals surface area contributed by atoms with Gasteiger partial charge in [0.25, 0.3) is 5.56 Å². The molecule has 0 radical (unpaired) electrons. The van der Waals surface area contributed by atoms with Gasteiger partial charge in [-0.25, -0.2) is 4.98 Å². The molecule has 5 nitrogen and oxygen atoms in total. The second kappa shape index (κ2) is 7.43. The molecular weight excluding hydrogens is 379 g/mol. The minimum Gasteiger partial charge on any atom is -0.273 e. The van der Waals surface area contributed by atoms with Crippen molar-refractivity contribution in [2.45, 2.75) is 17.8 Å². The first-order valence-electron chi connectivity index (χ1n) is 7.81. The minimum atomic E-state index is -4.53. The first-order valence-corrected chi connectivity index (χ1v) is 9.04. The Morgan fingerprint density at radius 1 is 1.19 bits per heavy atom. The number of hydrogen-bond acceptors (Lipinski definition) is 4. The van der Waals surface area contributed by atoms with E-state index in [2.05, 4.69) is 10.4 Å². The molecule has 0 aliphatic rings. The van der Waals surface area contributed by atoms with Gasteiger partial charge in [0, 0.05) is 0 Å². The summed E-state index contributed by atoms with van der Waals surface area (Å²) in [4.78, 5) is 29.0. The van der Waals surface area contributed by atoms with Crippen LogP contribution in [0.4, 0.5) is 13.2 Å². The van der Waals surface area contributed by atoms with Crippen LogP contribution in [0.2, 0.25) is 0 Å². The Morgan fingerprint density at radius 2 is 1.89 bits per heavy atom. The molecule has 140 valence electrons. The number of thioether (sulfide) groups is 1. The van der Waals surface area contributed by atoms with E-state index >= 15 is 0 Å². The molecule has 27 heavy (non-hydrogen) atoms. The van der Waals surface area contributed by atoms with E-state index in [0.29, 0.717) is 0 Å². The number of benzene rings is 2. The monoisotopic (exact) mass is 393 g/mol. The number of halogens is 3. The molecule has 1 amide bonds. The van der Waals surface area contributed by atoms with Crippen LogP contribution in [0.5, 0.6) is 0 Å². The van der Waals surface area contributed by atoms with Gasteiger partial charge in [-0.1, -0.05) is 42.1 Å². The molecule has 9 heteroatoms. The standard InChI is InChI=1S/C18H14F3N3O2S/c1-27-17-22-14-10-12(18(19,20)21)7-8-13(14)16(26)24(17)23-15(25)9-11-5-3-2-4-6-11/h2-8,10H,9H2,1H3,(H,23,25). The smallest absolute Gasteiger partial charge is 0.273 e. The molecule has 0 bridgehead atoms. The van der Waals surface area contributed by atoms with Gasteiger partial charge in [0.1, 0.15) is 0 Å². The Bertz CT molecular complexity index is 1050. The van der Waals surface area contributed by atoms with Gasteiger partial charge < -0.3 is 0 Å². The molecule has 0 unspecified atom stereocenters. The summed E-state index contributed by atoms with van der Waals surface area (Å²) in [6.45, 7) is 0. The van der Waals surface area contributed by atoms with E-state index in [1.54, 1.807) is 30.5 Å². The van der Waals surface area contributed by atoms with Gasteiger partial charge in [-0.05, 0) is 30.0 Å². The third-order valence-corrected chi connectivity index (χ3v) is 4.43. The average Bonchev–Trinajstić information content (AvgIpc) is 2.63. The molecule has 0 aliphatic heterocycles. The SMILES string of the molecule is CSc1nc2cc(C(F)(F)F)ccc2c(=O)n1NC(=O)Cc1ccccc1. The highest BCUT2D eigenvalue weighted by Gasteiger charge is 2.31. The van der Waals surface area contributed by atoms with E-state index in [1.807, 2.05) is 6.07 Å². The van der Waals surface area contributed by atoms with E-state index in [0.717, 1.165) is 40.2 Å². The summed E-state index contributed by atoms with van der Waals surface area (Å²) in [6, 6.07) is 11.7. The van der Waals surface area contributed by atoms with E-state index in [1.165, 1.54) is 0 Å². The highest BCUT2D eigenvalue weighted by molar-refractivity contribution is 7.98. The number of carbonyl (C=O) groups excluding carboxylic acids is 1. The van der Waals surface area contributed by atoms with Crippen molar-refractivity contribution in [1.82, 2.24) is 9.66 Å². The number of alkyl halides is 3. The van der Waals surface area contributed by atoms with Crippen molar-refractivity contribution in [3.05, 3.63) is 70.0 Å². The summed E-state index contributed by atoms with van der Waals surface area (Å²) in [5, 5.41) is 0.0778. The number of aromatic nitrogens is 2. The van der Waals surface area contributed by atoms with Gasteiger partial charge in [0.15, 0.2) is 5.16 Å². The lowest BCUT2D eigenvalue weighted by Gasteiger charge is -2.14. The van der Waals surface area contributed by atoms with Gasteiger partial charge in [0.05, 0.1) is 22.9 Å². The number of nitrogens with zero attached hydrogens (tertiary/aromatic N) is 2. The van der Waals surface area contributed by atoms with Gasteiger partial charge in [0.2, 0.25) is 5.91 Å². The summed E-state index contributed by atoms with van der Waals surface area (Å²) in [5.74, 6) is -0.438. The number of hydrogen-bond donors (Lipinski definition) is 1. The highest BCUT2D eigenvalue weighted by atomic mass is 32.2. The molecule has 3 rings (SSSR count). The van der Waals surface area contributed by atoms with Crippen LogP contribution in [-0.2, 0) is 17.4 Å². The van der Waals surface area contributed by atoms with Crippen LogP contribution in [0.3, 0.4) is 0 Å². The molecule has 0 fully saturated rings. The summed E-state index contributed by atoms with van der Waals surface area (Å²) in [5.41, 5.74) is 1.63. The maximum atomic E-state index is 12.9. The number of amides is 1. The van der Waals surface area contributed by atoms with Crippen LogP contribution in [-0.4, -0.2) is 21.8 Å². The normalized spacial score (nSPS) is 11.6. The van der Waals surface area contributed by atoms with Crippen LogP contribution in [0.15, 0.2) is 58.5 Å². The van der Waals surface area contributed by atoms with Crippen LogP contribution >= 0.6 is 11.8 Å². The Morgan fingerprint density at radius 3 is 2.52 bits per heavy atom. The topological polar surface area (TPSA) is 64.0 Å². The summed E-state index contributed by atoms with van der Waals surface area (Å²) in [7, 11) is 0. The Kier molecular flexibility index (Phi) is 5.22.